The van der Waals surface area contributed by atoms with Crippen LogP contribution >= 0.6 is 0 Å². The topological polar surface area (TPSA) is 46.9 Å². The minimum Gasteiger partial charge on any atom is -0.307 e. The monoisotopic (exact) mass is 353 g/mol. The van der Waals surface area contributed by atoms with Crippen LogP contribution in [0.3, 0.4) is 0 Å². The maximum Gasteiger partial charge on any atom is 0.416 e. The molecule has 0 bridgehead atoms. The molecule has 1 aromatic carbocycles. The largest absolute Gasteiger partial charge is 0.416 e. The third-order valence-corrected chi connectivity index (χ3v) is 5.11. The van der Waals surface area contributed by atoms with Crippen LogP contribution < -0.4 is 5.32 Å². The number of nitrogens with zero attached hydrogens (tertiary/aromatic N) is 2. The first-order valence-electron chi connectivity index (χ1n) is 8.58. The maximum atomic E-state index is 13.1. The Morgan fingerprint density at radius 1 is 1.28 bits per heavy atom. The molecular weight excluding hydrogens is 331 g/mol. The molecule has 1 atom stereocenters. The van der Waals surface area contributed by atoms with Crippen molar-refractivity contribution in [3.8, 4) is 0 Å². The van der Waals surface area contributed by atoms with Crippen LogP contribution in [0.2, 0.25) is 0 Å². The highest BCUT2D eigenvalue weighted by molar-refractivity contribution is 5.93. The molecule has 2 aromatic rings. The number of rotatable bonds is 4. The molecule has 4 nitrogen and oxygen atoms in total. The first-order chi connectivity index (χ1) is 11.7. The Balaban J connectivity index is 2.04. The summed E-state index contributed by atoms with van der Waals surface area (Å²) in [7, 11) is 0. The Morgan fingerprint density at radius 2 is 1.96 bits per heavy atom. The highest BCUT2D eigenvalue weighted by Gasteiger charge is 2.33. The van der Waals surface area contributed by atoms with E-state index in [4.69, 9.17) is 0 Å². The van der Waals surface area contributed by atoms with Crippen molar-refractivity contribution in [2.24, 2.45) is 11.8 Å². The third kappa shape index (κ3) is 3.37. The summed E-state index contributed by atoms with van der Waals surface area (Å²) in [6.07, 6.45) is -1.62. The van der Waals surface area contributed by atoms with Crippen LogP contribution in [0.1, 0.15) is 51.6 Å². The van der Waals surface area contributed by atoms with Crippen molar-refractivity contribution in [2.45, 2.75) is 52.3 Å². The van der Waals surface area contributed by atoms with Gasteiger partial charge in [-0.25, -0.2) is 4.98 Å². The number of carbonyl (C=O) groups excluding carboxylic acids is 1. The van der Waals surface area contributed by atoms with E-state index >= 15 is 0 Å². The van der Waals surface area contributed by atoms with Gasteiger partial charge < -0.3 is 4.57 Å². The second-order valence-corrected chi connectivity index (χ2v) is 7.11. The van der Waals surface area contributed by atoms with Crippen LogP contribution in [-0.4, -0.2) is 15.5 Å². The number of hydrogen-bond acceptors (Lipinski definition) is 2. The van der Waals surface area contributed by atoms with Gasteiger partial charge in [0.1, 0.15) is 0 Å². The van der Waals surface area contributed by atoms with Crippen LogP contribution in [0.25, 0.3) is 11.0 Å². The number of hydrogen-bond donors (Lipinski definition) is 1. The molecule has 136 valence electrons. The molecule has 1 aromatic heterocycles. The van der Waals surface area contributed by atoms with Crippen molar-refractivity contribution >= 4 is 22.9 Å². The van der Waals surface area contributed by atoms with E-state index in [1.165, 1.54) is 6.07 Å². The molecule has 1 aliphatic rings. The predicted molar refractivity (Wildman–Crippen MR) is 90.3 cm³/mol. The smallest absolute Gasteiger partial charge is 0.307 e. The van der Waals surface area contributed by atoms with Gasteiger partial charge in [0.2, 0.25) is 11.9 Å². The van der Waals surface area contributed by atoms with E-state index in [0.29, 0.717) is 17.0 Å². The minimum atomic E-state index is -4.40. The number of anilines is 1. The van der Waals surface area contributed by atoms with E-state index in [2.05, 4.69) is 10.3 Å². The Hall–Kier alpha value is -2.05. The van der Waals surface area contributed by atoms with Crippen molar-refractivity contribution in [3.05, 3.63) is 23.8 Å². The molecule has 0 aliphatic heterocycles. The van der Waals surface area contributed by atoms with Crippen LogP contribution in [0.5, 0.6) is 0 Å². The summed E-state index contributed by atoms with van der Waals surface area (Å²) in [5.41, 5.74) is 0.188. The SMILES string of the molecule is CC(C)[C@@H](C)C(=O)Nc1nc2ccc(C(F)(F)F)cc2n1C1CCC1. The van der Waals surface area contributed by atoms with Gasteiger partial charge in [-0.05, 0) is 43.4 Å². The number of nitrogens with one attached hydrogen (secondary N) is 1. The molecule has 1 saturated carbocycles. The summed E-state index contributed by atoms with van der Waals surface area (Å²) >= 11 is 0. The molecular formula is C18H22F3N3O. The molecule has 1 aliphatic carbocycles. The molecule has 0 saturated heterocycles. The first-order valence-corrected chi connectivity index (χ1v) is 8.58. The fourth-order valence-corrected chi connectivity index (χ4v) is 2.90. The van der Waals surface area contributed by atoms with Crippen molar-refractivity contribution < 1.29 is 18.0 Å². The zero-order valence-electron chi connectivity index (χ0n) is 14.5. The molecule has 0 spiro atoms. The molecule has 1 N–H and O–H groups in total. The van der Waals surface area contributed by atoms with Crippen LogP contribution in [0.15, 0.2) is 18.2 Å². The molecule has 0 unspecified atom stereocenters. The summed E-state index contributed by atoms with van der Waals surface area (Å²) in [5.74, 6) is 0.136. The lowest BCUT2D eigenvalue weighted by atomic mass is 9.92. The lowest BCUT2D eigenvalue weighted by Crippen LogP contribution is -2.27. The highest BCUT2D eigenvalue weighted by atomic mass is 19.4. The number of aromatic nitrogens is 2. The molecule has 3 rings (SSSR count). The van der Waals surface area contributed by atoms with Crippen molar-refractivity contribution in [1.82, 2.24) is 9.55 Å². The number of benzene rings is 1. The van der Waals surface area contributed by atoms with Gasteiger partial charge in [0, 0.05) is 12.0 Å². The number of carbonyl (C=O) groups is 1. The van der Waals surface area contributed by atoms with E-state index in [-0.39, 0.29) is 23.8 Å². The van der Waals surface area contributed by atoms with Gasteiger partial charge in [-0.2, -0.15) is 13.2 Å². The van der Waals surface area contributed by atoms with Gasteiger partial charge in [-0.15, -0.1) is 0 Å². The standard InChI is InChI=1S/C18H22F3N3O/c1-10(2)11(3)16(25)23-17-22-14-8-7-12(18(19,20)21)9-15(14)24(17)13-5-4-6-13/h7-11,13H,4-6H2,1-3H3,(H,22,23,25)/t11-/m1/s1. The molecule has 7 heteroatoms. The number of fused-ring (bicyclic) bond motifs is 1. The molecule has 1 amide bonds. The fraction of sp³-hybridized carbons (Fsp3) is 0.556. The van der Waals surface area contributed by atoms with Crippen LogP contribution in [0, 0.1) is 11.8 Å². The van der Waals surface area contributed by atoms with Crippen LogP contribution in [-0.2, 0) is 11.0 Å². The average molecular weight is 353 g/mol. The van der Waals surface area contributed by atoms with Gasteiger partial charge in [0.25, 0.3) is 0 Å². The zero-order valence-corrected chi connectivity index (χ0v) is 14.5. The van der Waals surface area contributed by atoms with E-state index in [9.17, 15) is 18.0 Å². The highest BCUT2D eigenvalue weighted by Crippen LogP contribution is 2.39. The molecule has 1 fully saturated rings. The van der Waals surface area contributed by atoms with E-state index in [1.807, 2.05) is 20.8 Å². The predicted octanol–water partition coefficient (Wildman–Crippen LogP) is 5.01. The van der Waals surface area contributed by atoms with Gasteiger partial charge in [0.15, 0.2) is 0 Å². The van der Waals surface area contributed by atoms with Crippen molar-refractivity contribution in [3.63, 3.8) is 0 Å². The van der Waals surface area contributed by atoms with E-state index < -0.39 is 11.7 Å². The number of imidazole rings is 1. The van der Waals surface area contributed by atoms with E-state index in [0.717, 1.165) is 31.4 Å². The number of halogens is 3. The summed E-state index contributed by atoms with van der Waals surface area (Å²) in [6, 6.07) is 3.61. The zero-order chi connectivity index (χ0) is 18.4. The van der Waals surface area contributed by atoms with Crippen molar-refractivity contribution in [2.75, 3.05) is 5.32 Å². The second kappa shape index (κ2) is 6.35. The van der Waals surface area contributed by atoms with Gasteiger partial charge >= 0.3 is 6.18 Å². The Bertz CT molecular complexity index is 791. The first kappa shape index (κ1) is 17.8. The summed E-state index contributed by atoms with van der Waals surface area (Å²) in [4.78, 5) is 16.8. The minimum absolute atomic E-state index is 0.0816. The quantitative estimate of drug-likeness (QED) is 0.840. The molecule has 25 heavy (non-hydrogen) atoms. The Kier molecular flexibility index (Phi) is 4.51. The Morgan fingerprint density at radius 3 is 2.48 bits per heavy atom. The average Bonchev–Trinajstić information content (AvgIpc) is 2.81. The maximum absolute atomic E-state index is 13.1. The lowest BCUT2D eigenvalue weighted by molar-refractivity contribution is -0.137. The van der Waals surface area contributed by atoms with Crippen LogP contribution in [0.4, 0.5) is 19.1 Å². The third-order valence-electron chi connectivity index (χ3n) is 5.11. The molecule has 1 heterocycles. The number of amides is 1. The van der Waals surface area contributed by atoms with Gasteiger partial charge in [-0.1, -0.05) is 20.8 Å². The lowest BCUT2D eigenvalue weighted by Gasteiger charge is -2.29. The summed E-state index contributed by atoms with van der Waals surface area (Å²) < 4.78 is 40.9. The second-order valence-electron chi connectivity index (χ2n) is 7.11. The number of alkyl halides is 3. The molecule has 0 radical (unpaired) electrons. The normalized spacial score (nSPS) is 16.9. The van der Waals surface area contributed by atoms with Gasteiger partial charge in [0.05, 0.1) is 16.6 Å². The van der Waals surface area contributed by atoms with E-state index in [1.54, 1.807) is 4.57 Å². The van der Waals surface area contributed by atoms with Gasteiger partial charge in [-0.3, -0.25) is 10.1 Å². The Labute approximate surface area is 144 Å². The summed E-state index contributed by atoms with van der Waals surface area (Å²) in [6.45, 7) is 5.74. The van der Waals surface area contributed by atoms with Crippen molar-refractivity contribution in [1.29, 1.82) is 0 Å². The fourth-order valence-electron chi connectivity index (χ4n) is 2.90. The summed E-state index contributed by atoms with van der Waals surface area (Å²) in [5, 5.41) is 2.82.